The Kier molecular flexibility index (Phi) is 15.0. The number of rotatable bonds is 5. The Morgan fingerprint density at radius 2 is 1.37 bits per heavy atom. The van der Waals surface area contributed by atoms with Crippen LogP contribution in [0.5, 0.6) is 0 Å². The van der Waals surface area contributed by atoms with Crippen LogP contribution in [0.1, 0.15) is 99.8 Å². The molecular weight excluding hydrogens is 791 g/mol. The zero-order chi connectivity index (χ0) is 44.8. The molecule has 0 spiro atoms. The first kappa shape index (κ1) is 47.8. The average molecular weight is 845 g/mol. The molecule has 2 aromatic carbocycles. The summed E-state index contributed by atoms with van der Waals surface area (Å²) in [7, 11) is 1.57. The Morgan fingerprint density at radius 1 is 0.797 bits per heavy atom. The number of anilines is 1. The van der Waals surface area contributed by atoms with Crippen molar-refractivity contribution in [3.63, 3.8) is 0 Å². The van der Waals surface area contributed by atoms with E-state index in [1.165, 1.54) is 17.0 Å². The van der Waals surface area contributed by atoms with Gasteiger partial charge in [-0.3, -0.25) is 14.9 Å². The van der Waals surface area contributed by atoms with E-state index in [1.807, 2.05) is 0 Å². The fraction of sp³-hybridized carbons (Fsp3) is 0.512. The molecule has 0 bridgehead atoms. The van der Waals surface area contributed by atoms with E-state index in [2.05, 4.69) is 20.6 Å². The molecule has 322 valence electrons. The number of halogens is 2. The Morgan fingerprint density at radius 3 is 1.93 bits per heavy atom. The summed E-state index contributed by atoms with van der Waals surface area (Å²) in [6, 6.07) is 8.57. The summed E-state index contributed by atoms with van der Waals surface area (Å²) >= 11 is 5.77. The van der Waals surface area contributed by atoms with Crippen molar-refractivity contribution in [1.29, 1.82) is 0 Å². The zero-order valence-electron chi connectivity index (χ0n) is 35.8. The molecule has 1 aliphatic rings. The fourth-order valence-corrected chi connectivity index (χ4v) is 5.47. The van der Waals surface area contributed by atoms with Crippen molar-refractivity contribution >= 4 is 65.1 Å². The first-order chi connectivity index (χ1) is 26.9. The topological polar surface area (TPSA) is 195 Å². The third-order valence-electron chi connectivity index (χ3n) is 7.49. The highest BCUT2D eigenvalue weighted by molar-refractivity contribution is 6.42. The van der Waals surface area contributed by atoms with Gasteiger partial charge < -0.3 is 29.2 Å². The predicted octanol–water partition coefficient (Wildman–Crippen LogP) is 8.03. The van der Waals surface area contributed by atoms with Crippen molar-refractivity contribution < 1.29 is 52.1 Å². The number of carbonyl (C=O) groups excluding carboxylic acids is 6. The van der Waals surface area contributed by atoms with Crippen LogP contribution in [0.4, 0.5) is 29.3 Å². The van der Waals surface area contributed by atoms with Crippen LogP contribution in [-0.4, -0.2) is 93.7 Å². The number of hydrogen-bond donors (Lipinski definition) is 2. The molecule has 0 aliphatic heterocycles. The van der Waals surface area contributed by atoms with Gasteiger partial charge in [0.25, 0.3) is 0 Å². The smallest absolute Gasteiger partial charge is 0.437 e. The number of carbonyl (C=O) groups is 6. The van der Waals surface area contributed by atoms with Gasteiger partial charge in [0.2, 0.25) is 5.96 Å². The Bertz CT molecular complexity index is 2030. The van der Waals surface area contributed by atoms with Gasteiger partial charge in [-0.2, -0.15) is 0 Å². The molecule has 1 aliphatic carbocycles. The lowest BCUT2D eigenvalue weighted by Crippen LogP contribution is -2.52. The van der Waals surface area contributed by atoms with Gasteiger partial charge in [-0.15, -0.1) is 4.99 Å². The number of alkyl carbamates (subject to hydrolysis) is 1. The highest BCUT2D eigenvalue weighted by atomic mass is 35.5. The van der Waals surface area contributed by atoms with Crippen LogP contribution in [0.25, 0.3) is 0 Å². The highest BCUT2D eigenvalue weighted by Gasteiger charge is 2.38. The third-order valence-corrected chi connectivity index (χ3v) is 7.80. The summed E-state index contributed by atoms with van der Waals surface area (Å²) in [5, 5.41) is 4.48. The molecule has 2 N–H and O–H groups in total. The molecule has 16 nitrogen and oxygen atoms in total. The monoisotopic (exact) mass is 844 g/mol. The van der Waals surface area contributed by atoms with Crippen LogP contribution < -0.4 is 10.6 Å². The molecule has 0 unspecified atom stereocenters. The van der Waals surface area contributed by atoms with E-state index >= 15 is 0 Å². The van der Waals surface area contributed by atoms with Crippen molar-refractivity contribution in [2.24, 2.45) is 15.9 Å². The molecule has 0 radical (unpaired) electrons. The van der Waals surface area contributed by atoms with Gasteiger partial charge in [0, 0.05) is 31.7 Å². The molecule has 0 saturated carbocycles. The maximum atomic E-state index is 14.1. The molecule has 59 heavy (non-hydrogen) atoms. The minimum atomic E-state index is -1.26. The van der Waals surface area contributed by atoms with E-state index in [0.717, 1.165) is 11.0 Å². The van der Waals surface area contributed by atoms with E-state index in [-0.39, 0.29) is 29.4 Å². The Balaban J connectivity index is 2.17. The number of nitrogens with zero attached hydrogens (tertiary/aromatic N) is 4. The van der Waals surface area contributed by atoms with Gasteiger partial charge in [-0.25, -0.2) is 33.5 Å². The largest absolute Gasteiger partial charge is 0.444 e. The first-order valence-corrected chi connectivity index (χ1v) is 19.0. The van der Waals surface area contributed by atoms with Crippen molar-refractivity contribution in [3.8, 4) is 0 Å². The van der Waals surface area contributed by atoms with Gasteiger partial charge in [0.05, 0.1) is 10.7 Å². The molecule has 6 amide bonds. The second-order valence-corrected chi connectivity index (χ2v) is 18.2. The molecule has 0 heterocycles. The van der Waals surface area contributed by atoms with Crippen molar-refractivity contribution in [2.75, 3.05) is 18.9 Å². The molecule has 1 atom stereocenters. The number of nitrogens with one attached hydrogen (secondary N) is 2. The van der Waals surface area contributed by atoms with Crippen molar-refractivity contribution in [3.05, 3.63) is 63.9 Å². The van der Waals surface area contributed by atoms with Gasteiger partial charge in [-0.1, -0.05) is 29.8 Å². The van der Waals surface area contributed by atoms with Crippen molar-refractivity contribution in [1.82, 2.24) is 15.1 Å². The van der Waals surface area contributed by atoms with Gasteiger partial charge in [-0.05, 0) is 124 Å². The number of amides is 6. The number of fused-ring (bicyclic) bond motifs is 1. The highest BCUT2D eigenvalue weighted by Crippen LogP contribution is 2.31. The zero-order valence-corrected chi connectivity index (χ0v) is 36.5. The van der Waals surface area contributed by atoms with E-state index in [1.54, 1.807) is 108 Å². The summed E-state index contributed by atoms with van der Waals surface area (Å²) < 4.78 is 36.1. The molecule has 3 rings (SSSR count). The van der Waals surface area contributed by atoms with Crippen LogP contribution >= 0.6 is 11.6 Å². The number of ether oxygens (including phenoxy) is 4. The maximum Gasteiger partial charge on any atom is 0.437 e. The van der Waals surface area contributed by atoms with Crippen LogP contribution in [0.2, 0.25) is 5.02 Å². The molecule has 18 heteroatoms. The van der Waals surface area contributed by atoms with Crippen LogP contribution in [0.15, 0.2) is 46.4 Å². The van der Waals surface area contributed by atoms with Gasteiger partial charge in [0.15, 0.2) is 0 Å². The van der Waals surface area contributed by atoms with E-state index in [0.29, 0.717) is 16.7 Å². The third kappa shape index (κ3) is 15.6. The fourth-order valence-electron chi connectivity index (χ4n) is 5.35. The Labute approximate surface area is 348 Å². The summed E-state index contributed by atoms with van der Waals surface area (Å²) in [5.41, 5.74) is -2.12. The number of guanidine groups is 1. The number of benzene rings is 2. The summed E-state index contributed by atoms with van der Waals surface area (Å²) in [5.74, 6) is -4.82. The van der Waals surface area contributed by atoms with Crippen LogP contribution in [0, 0.1) is 11.7 Å². The van der Waals surface area contributed by atoms with Gasteiger partial charge in [0.1, 0.15) is 28.2 Å². The molecule has 0 fully saturated rings. The molecule has 0 aromatic heterocycles. The molecular formula is C41H54ClFN6O10. The van der Waals surface area contributed by atoms with Gasteiger partial charge >= 0.3 is 36.2 Å². The Hall–Kier alpha value is -5.58. The summed E-state index contributed by atoms with van der Waals surface area (Å²) in [6.07, 6.45) is -3.75. The van der Waals surface area contributed by atoms with E-state index in [9.17, 15) is 33.2 Å². The second kappa shape index (κ2) is 18.6. The second-order valence-electron chi connectivity index (χ2n) is 17.7. The SMILES string of the molecule is CN(Cc1ccc2c(c1)C[C@H](CN(C(=O)OC(C)(C)C)/C(=N/C(=O)OC(C)(C)C)NC(=O)OC(C)(C)C)/C2=N\C(=O)C(=O)Nc1ccc(Cl)c(F)c1)C(=O)OC(C)(C)C. The average Bonchev–Trinajstić information content (AvgIpc) is 3.37. The van der Waals surface area contributed by atoms with Crippen molar-refractivity contribution in [2.45, 2.75) is 118 Å². The van der Waals surface area contributed by atoms with E-state index < -0.39 is 82.8 Å². The number of hydrogen-bond acceptors (Lipinski definition) is 10. The van der Waals surface area contributed by atoms with Crippen LogP contribution in [0.3, 0.4) is 0 Å². The lowest BCUT2D eigenvalue weighted by atomic mass is 10.0. The first-order valence-electron chi connectivity index (χ1n) is 18.7. The molecule has 2 aromatic rings. The minimum absolute atomic E-state index is 0.0527. The summed E-state index contributed by atoms with van der Waals surface area (Å²) in [4.78, 5) is 90.1. The standard InChI is InChI=1S/C41H54ClFN6O10/c1-38(2,3)56-34(52)46-33(47-35(53)57-39(4,5)6)49(37(55)59-41(10,11)12)22-25-19-24-18-23(21-48(13)36(54)58-40(7,8)9)14-16-27(24)30(25)45-32(51)31(50)44-26-15-17-28(42)29(43)20-26/h14-18,20,25H,19,21-22H2,1-13H3,(H,44,50)(H,46,47,52,53)/b45-30+/t25-/m1/s1. The lowest BCUT2D eigenvalue weighted by molar-refractivity contribution is -0.134. The summed E-state index contributed by atoms with van der Waals surface area (Å²) in [6.45, 7) is 19.4. The molecule has 0 saturated heterocycles. The number of aliphatic imine (C=N–C) groups is 2. The predicted molar refractivity (Wildman–Crippen MR) is 219 cm³/mol. The van der Waals surface area contributed by atoms with E-state index in [4.69, 9.17) is 30.5 Å². The normalized spacial score (nSPS) is 15.1. The minimum Gasteiger partial charge on any atom is -0.444 e. The van der Waals surface area contributed by atoms with Crippen LogP contribution in [-0.2, 0) is 41.5 Å². The maximum absolute atomic E-state index is 14.1. The quantitative estimate of drug-likeness (QED) is 0.129. The lowest BCUT2D eigenvalue weighted by Gasteiger charge is -2.30.